The van der Waals surface area contributed by atoms with Crippen molar-refractivity contribution in [1.82, 2.24) is 9.78 Å². The lowest BCUT2D eigenvalue weighted by Gasteiger charge is -2.05. The highest BCUT2D eigenvalue weighted by Gasteiger charge is 2.17. The molecule has 0 radical (unpaired) electrons. The summed E-state index contributed by atoms with van der Waals surface area (Å²) in [5.74, 6) is -0.851. The Hall–Kier alpha value is -1.62. The molecule has 0 fully saturated rings. The van der Waals surface area contributed by atoms with Gasteiger partial charge in [0.15, 0.2) is 0 Å². The third-order valence-electron chi connectivity index (χ3n) is 2.79. The monoisotopic (exact) mass is 308 g/mol. The van der Waals surface area contributed by atoms with Crippen LogP contribution in [0.2, 0.25) is 0 Å². The topological polar surface area (TPSA) is 55.1 Å². The summed E-state index contributed by atoms with van der Waals surface area (Å²) in [4.78, 5) is 10.9. The van der Waals surface area contributed by atoms with Gasteiger partial charge in [-0.1, -0.05) is 28.1 Å². The number of hydrogen-bond donors (Lipinski definition) is 1. The van der Waals surface area contributed by atoms with Gasteiger partial charge < -0.3 is 5.11 Å². The normalized spacial score (nSPS) is 10.6. The van der Waals surface area contributed by atoms with E-state index in [2.05, 4.69) is 21.0 Å². The number of hydrogen-bond acceptors (Lipinski definition) is 2. The van der Waals surface area contributed by atoms with Crippen LogP contribution in [0.3, 0.4) is 0 Å². The number of benzene rings is 1. The maximum atomic E-state index is 10.9. The van der Waals surface area contributed by atoms with E-state index in [-0.39, 0.29) is 6.42 Å². The van der Waals surface area contributed by atoms with E-state index in [1.807, 2.05) is 31.2 Å². The zero-order valence-corrected chi connectivity index (χ0v) is 11.7. The number of rotatable bonds is 3. The summed E-state index contributed by atoms with van der Waals surface area (Å²) in [7, 11) is 1.77. The summed E-state index contributed by atoms with van der Waals surface area (Å²) in [6, 6.07) is 7.79. The van der Waals surface area contributed by atoms with Crippen molar-refractivity contribution < 1.29 is 9.90 Å². The van der Waals surface area contributed by atoms with E-state index < -0.39 is 5.97 Å². The fourth-order valence-corrected chi connectivity index (χ4v) is 2.31. The molecule has 1 aromatic carbocycles. The fourth-order valence-electron chi connectivity index (χ4n) is 2.04. The third kappa shape index (κ3) is 2.46. The SMILES string of the molecule is Cc1nn(C)c(CC(=O)O)c1-c1ccc(Br)cc1. The van der Waals surface area contributed by atoms with Crippen LogP contribution in [0.5, 0.6) is 0 Å². The molecule has 0 unspecified atom stereocenters. The minimum absolute atomic E-state index is 0.0251. The van der Waals surface area contributed by atoms with Crippen LogP contribution in [0.4, 0.5) is 0 Å². The van der Waals surface area contributed by atoms with E-state index in [1.165, 1.54) is 0 Å². The van der Waals surface area contributed by atoms with Crippen molar-refractivity contribution in [1.29, 1.82) is 0 Å². The smallest absolute Gasteiger partial charge is 0.309 e. The fraction of sp³-hybridized carbons (Fsp3) is 0.231. The van der Waals surface area contributed by atoms with E-state index in [0.29, 0.717) is 0 Å². The maximum absolute atomic E-state index is 10.9. The summed E-state index contributed by atoms with van der Waals surface area (Å²) in [6.45, 7) is 1.89. The van der Waals surface area contributed by atoms with Crippen molar-refractivity contribution in [3.05, 3.63) is 40.1 Å². The number of carboxylic acids is 1. The second-order valence-corrected chi connectivity index (χ2v) is 5.02. The molecule has 5 heteroatoms. The Morgan fingerprint density at radius 3 is 2.56 bits per heavy atom. The molecule has 1 aromatic heterocycles. The van der Waals surface area contributed by atoms with Gasteiger partial charge in [0, 0.05) is 17.1 Å². The average molecular weight is 309 g/mol. The largest absolute Gasteiger partial charge is 0.481 e. The Balaban J connectivity index is 2.55. The van der Waals surface area contributed by atoms with E-state index in [1.54, 1.807) is 11.7 Å². The highest BCUT2D eigenvalue weighted by atomic mass is 79.9. The first kappa shape index (κ1) is 12.8. The summed E-state index contributed by atoms with van der Waals surface area (Å²) >= 11 is 3.39. The maximum Gasteiger partial charge on any atom is 0.309 e. The van der Waals surface area contributed by atoms with Crippen molar-refractivity contribution in [2.45, 2.75) is 13.3 Å². The molecule has 0 aliphatic heterocycles. The molecular formula is C13H13BrN2O2. The minimum atomic E-state index is -0.851. The molecule has 1 heterocycles. The number of aromatic nitrogens is 2. The average Bonchev–Trinajstić information content (AvgIpc) is 2.55. The van der Waals surface area contributed by atoms with Gasteiger partial charge in [-0.15, -0.1) is 0 Å². The molecule has 4 nitrogen and oxygen atoms in total. The molecule has 1 N–H and O–H groups in total. The molecule has 0 bridgehead atoms. The van der Waals surface area contributed by atoms with Crippen molar-refractivity contribution in [2.75, 3.05) is 0 Å². The number of halogens is 1. The van der Waals surface area contributed by atoms with Crippen LogP contribution in [0.25, 0.3) is 11.1 Å². The molecule has 0 spiro atoms. The second kappa shape index (κ2) is 4.94. The summed E-state index contributed by atoms with van der Waals surface area (Å²) in [5.41, 5.74) is 3.46. The highest BCUT2D eigenvalue weighted by molar-refractivity contribution is 9.10. The van der Waals surface area contributed by atoms with Gasteiger partial charge >= 0.3 is 5.97 Å². The van der Waals surface area contributed by atoms with Gasteiger partial charge in [-0.2, -0.15) is 5.10 Å². The predicted octanol–water partition coefficient (Wildman–Crippen LogP) is 2.79. The number of aliphatic carboxylic acids is 1. The van der Waals surface area contributed by atoms with Crippen molar-refractivity contribution in [3.63, 3.8) is 0 Å². The van der Waals surface area contributed by atoms with Crippen molar-refractivity contribution >= 4 is 21.9 Å². The predicted molar refractivity (Wildman–Crippen MR) is 72.4 cm³/mol. The van der Waals surface area contributed by atoms with Gasteiger partial charge in [-0.3, -0.25) is 9.48 Å². The van der Waals surface area contributed by atoms with Gasteiger partial charge in [0.1, 0.15) is 0 Å². The molecule has 0 saturated heterocycles. The molecule has 0 atom stereocenters. The summed E-state index contributed by atoms with van der Waals surface area (Å²) < 4.78 is 2.63. The standard InChI is InChI=1S/C13H13BrN2O2/c1-8-13(9-3-5-10(14)6-4-9)11(7-12(17)18)16(2)15-8/h3-6H,7H2,1-2H3,(H,17,18). The van der Waals surface area contributed by atoms with E-state index in [4.69, 9.17) is 5.11 Å². The van der Waals surface area contributed by atoms with E-state index in [0.717, 1.165) is 27.0 Å². The van der Waals surface area contributed by atoms with Gasteiger partial charge in [0.25, 0.3) is 0 Å². The van der Waals surface area contributed by atoms with Crippen LogP contribution in [-0.2, 0) is 18.3 Å². The molecule has 0 amide bonds. The first-order valence-corrected chi connectivity index (χ1v) is 6.28. The molecule has 18 heavy (non-hydrogen) atoms. The van der Waals surface area contributed by atoms with Crippen molar-refractivity contribution in [3.8, 4) is 11.1 Å². The lowest BCUT2D eigenvalue weighted by molar-refractivity contribution is -0.136. The number of carboxylic acid groups (broad SMARTS) is 1. The lowest BCUT2D eigenvalue weighted by atomic mass is 10.0. The minimum Gasteiger partial charge on any atom is -0.481 e. The molecule has 94 valence electrons. The molecule has 0 saturated carbocycles. The Morgan fingerprint density at radius 2 is 2.00 bits per heavy atom. The Labute approximate surface area is 113 Å². The first-order chi connectivity index (χ1) is 8.49. The van der Waals surface area contributed by atoms with Gasteiger partial charge in [-0.05, 0) is 24.6 Å². The quantitative estimate of drug-likeness (QED) is 0.948. The van der Waals surface area contributed by atoms with Crippen LogP contribution in [0.1, 0.15) is 11.4 Å². The van der Waals surface area contributed by atoms with E-state index in [9.17, 15) is 4.79 Å². The highest BCUT2D eigenvalue weighted by Crippen LogP contribution is 2.28. The first-order valence-electron chi connectivity index (χ1n) is 5.49. The van der Waals surface area contributed by atoms with Crippen LogP contribution in [0, 0.1) is 6.92 Å². The Bertz CT molecular complexity index is 588. The molecular weight excluding hydrogens is 296 g/mol. The third-order valence-corrected chi connectivity index (χ3v) is 3.32. The van der Waals surface area contributed by atoms with Crippen LogP contribution < -0.4 is 0 Å². The molecule has 2 rings (SSSR count). The Morgan fingerprint density at radius 1 is 1.39 bits per heavy atom. The van der Waals surface area contributed by atoms with Crippen LogP contribution >= 0.6 is 15.9 Å². The van der Waals surface area contributed by atoms with Crippen LogP contribution in [-0.4, -0.2) is 20.9 Å². The molecule has 0 aliphatic carbocycles. The number of carbonyl (C=O) groups is 1. The number of aryl methyl sites for hydroxylation is 2. The van der Waals surface area contributed by atoms with Gasteiger partial charge in [0.05, 0.1) is 17.8 Å². The van der Waals surface area contributed by atoms with E-state index >= 15 is 0 Å². The zero-order chi connectivity index (χ0) is 13.3. The summed E-state index contributed by atoms with van der Waals surface area (Å²) in [6.07, 6.45) is -0.0251. The molecule has 2 aromatic rings. The zero-order valence-electron chi connectivity index (χ0n) is 10.1. The second-order valence-electron chi connectivity index (χ2n) is 4.11. The summed E-state index contributed by atoms with van der Waals surface area (Å²) in [5, 5.41) is 13.3. The van der Waals surface area contributed by atoms with Crippen LogP contribution in [0.15, 0.2) is 28.7 Å². The van der Waals surface area contributed by atoms with Crippen molar-refractivity contribution in [2.24, 2.45) is 7.05 Å². The molecule has 0 aliphatic rings. The Kier molecular flexibility index (Phi) is 3.52. The van der Waals surface area contributed by atoms with Gasteiger partial charge in [-0.25, -0.2) is 0 Å². The van der Waals surface area contributed by atoms with Gasteiger partial charge in [0.2, 0.25) is 0 Å². The number of nitrogens with zero attached hydrogens (tertiary/aromatic N) is 2. The lowest BCUT2D eigenvalue weighted by Crippen LogP contribution is -2.07.